The summed E-state index contributed by atoms with van der Waals surface area (Å²) < 4.78 is 10.7. The van der Waals surface area contributed by atoms with Gasteiger partial charge in [-0.3, -0.25) is 0 Å². The topological polar surface area (TPSA) is 42.2 Å². The average Bonchev–Trinajstić information content (AvgIpc) is 3.07. The predicted octanol–water partition coefficient (Wildman–Crippen LogP) is 4.61. The molecular formula is C20H13NO2. The van der Waals surface area contributed by atoms with Gasteiger partial charge in [-0.15, -0.1) is 0 Å². The molecule has 3 heteroatoms. The Morgan fingerprint density at radius 2 is 1.83 bits per heavy atom. The molecule has 0 saturated carbocycles. The van der Waals surface area contributed by atoms with Crippen LogP contribution in [-0.4, -0.2) is 6.79 Å². The van der Waals surface area contributed by atoms with Crippen molar-refractivity contribution < 1.29 is 9.47 Å². The molecular weight excluding hydrogens is 286 g/mol. The van der Waals surface area contributed by atoms with Crippen LogP contribution in [0.3, 0.4) is 0 Å². The maximum absolute atomic E-state index is 9.09. The van der Waals surface area contributed by atoms with Crippen LogP contribution in [0.4, 0.5) is 0 Å². The summed E-state index contributed by atoms with van der Waals surface area (Å²) in [4.78, 5) is 0. The van der Waals surface area contributed by atoms with Crippen LogP contribution in [0.2, 0.25) is 0 Å². The molecule has 1 heterocycles. The third-order valence-corrected chi connectivity index (χ3v) is 3.90. The van der Waals surface area contributed by atoms with Crippen LogP contribution in [0.15, 0.2) is 54.6 Å². The van der Waals surface area contributed by atoms with E-state index >= 15 is 0 Å². The van der Waals surface area contributed by atoms with E-state index in [4.69, 9.17) is 14.7 Å². The van der Waals surface area contributed by atoms with Gasteiger partial charge >= 0.3 is 0 Å². The first-order chi connectivity index (χ1) is 11.3. The van der Waals surface area contributed by atoms with Crippen molar-refractivity contribution in [2.75, 3.05) is 6.79 Å². The lowest BCUT2D eigenvalue weighted by molar-refractivity contribution is 0.174. The smallest absolute Gasteiger partial charge is 0.231 e. The van der Waals surface area contributed by atoms with Gasteiger partial charge < -0.3 is 9.47 Å². The second-order valence-corrected chi connectivity index (χ2v) is 5.34. The molecule has 0 unspecified atom stereocenters. The van der Waals surface area contributed by atoms with E-state index in [0.29, 0.717) is 5.56 Å². The summed E-state index contributed by atoms with van der Waals surface area (Å²) in [6, 6.07) is 19.9. The van der Waals surface area contributed by atoms with E-state index in [1.165, 1.54) is 0 Å². The van der Waals surface area contributed by atoms with Crippen LogP contribution in [0.1, 0.15) is 16.7 Å². The number of benzene rings is 3. The highest BCUT2D eigenvalue weighted by atomic mass is 16.7. The number of hydrogen-bond donors (Lipinski definition) is 0. The molecule has 0 bridgehead atoms. The third kappa shape index (κ3) is 2.51. The molecule has 3 aromatic carbocycles. The molecule has 0 atom stereocenters. The second kappa shape index (κ2) is 5.51. The summed E-state index contributed by atoms with van der Waals surface area (Å²) in [5, 5.41) is 11.3. The lowest BCUT2D eigenvalue weighted by atomic mass is 10.0. The van der Waals surface area contributed by atoms with Gasteiger partial charge in [0.2, 0.25) is 6.79 Å². The minimum atomic E-state index is 0.281. The Kier molecular flexibility index (Phi) is 3.21. The summed E-state index contributed by atoms with van der Waals surface area (Å²) >= 11 is 0. The summed E-state index contributed by atoms with van der Waals surface area (Å²) in [6.45, 7) is 0.281. The molecule has 4 rings (SSSR count). The highest BCUT2D eigenvalue weighted by Crippen LogP contribution is 2.33. The normalized spacial score (nSPS) is 12.7. The van der Waals surface area contributed by atoms with Crippen molar-refractivity contribution in [1.82, 2.24) is 0 Å². The minimum Gasteiger partial charge on any atom is -0.454 e. The highest BCUT2D eigenvalue weighted by molar-refractivity contribution is 5.93. The fourth-order valence-electron chi connectivity index (χ4n) is 2.71. The van der Waals surface area contributed by atoms with Gasteiger partial charge in [0.15, 0.2) is 11.5 Å². The highest BCUT2D eigenvalue weighted by Gasteiger charge is 2.12. The first kappa shape index (κ1) is 13.4. The van der Waals surface area contributed by atoms with E-state index in [1.807, 2.05) is 54.6 Å². The maximum Gasteiger partial charge on any atom is 0.231 e. The Morgan fingerprint density at radius 1 is 0.913 bits per heavy atom. The van der Waals surface area contributed by atoms with Crippen LogP contribution in [0.5, 0.6) is 11.5 Å². The van der Waals surface area contributed by atoms with Crippen molar-refractivity contribution in [2.24, 2.45) is 0 Å². The average molecular weight is 299 g/mol. The summed E-state index contributed by atoms with van der Waals surface area (Å²) in [5.74, 6) is 1.56. The quantitative estimate of drug-likeness (QED) is 0.649. The molecule has 0 aromatic heterocycles. The zero-order valence-corrected chi connectivity index (χ0v) is 12.3. The van der Waals surface area contributed by atoms with Crippen molar-refractivity contribution in [3.05, 3.63) is 71.3 Å². The molecule has 0 aliphatic carbocycles. The van der Waals surface area contributed by atoms with Gasteiger partial charge in [0.25, 0.3) is 0 Å². The predicted molar refractivity (Wildman–Crippen MR) is 90.2 cm³/mol. The Balaban J connectivity index is 1.73. The van der Waals surface area contributed by atoms with Gasteiger partial charge in [-0.05, 0) is 46.2 Å². The van der Waals surface area contributed by atoms with E-state index in [1.54, 1.807) is 0 Å². The second-order valence-electron chi connectivity index (χ2n) is 5.34. The van der Waals surface area contributed by atoms with Crippen LogP contribution in [-0.2, 0) is 0 Å². The summed E-state index contributed by atoms with van der Waals surface area (Å²) in [6.07, 6.45) is 4.09. The molecule has 0 fully saturated rings. The number of fused-ring (bicyclic) bond motifs is 2. The van der Waals surface area contributed by atoms with Gasteiger partial charge in [-0.1, -0.05) is 42.5 Å². The standard InChI is InChI=1S/C20H13NO2/c21-12-15-5-8-17-3-1-2-16(18(17)10-15)7-4-14-6-9-19-20(11-14)23-13-22-19/h1-11H,13H2/b7-4+. The first-order valence-electron chi connectivity index (χ1n) is 7.34. The van der Waals surface area contributed by atoms with Crippen LogP contribution in [0.25, 0.3) is 22.9 Å². The Hall–Kier alpha value is -3.25. The lowest BCUT2D eigenvalue weighted by Gasteiger charge is -2.03. The van der Waals surface area contributed by atoms with Crippen LogP contribution in [0, 0.1) is 11.3 Å². The summed E-state index contributed by atoms with van der Waals surface area (Å²) in [5.41, 5.74) is 2.79. The van der Waals surface area contributed by atoms with Crippen LogP contribution >= 0.6 is 0 Å². The largest absolute Gasteiger partial charge is 0.454 e. The Morgan fingerprint density at radius 3 is 2.74 bits per heavy atom. The minimum absolute atomic E-state index is 0.281. The maximum atomic E-state index is 9.09. The fraction of sp³-hybridized carbons (Fsp3) is 0.0500. The van der Waals surface area contributed by atoms with Gasteiger partial charge in [0, 0.05) is 0 Å². The van der Waals surface area contributed by atoms with Crippen molar-refractivity contribution >= 4 is 22.9 Å². The molecule has 1 aliphatic rings. The van der Waals surface area contributed by atoms with Crippen LogP contribution < -0.4 is 9.47 Å². The van der Waals surface area contributed by atoms with E-state index in [0.717, 1.165) is 33.4 Å². The third-order valence-electron chi connectivity index (χ3n) is 3.90. The van der Waals surface area contributed by atoms with Crippen molar-refractivity contribution in [2.45, 2.75) is 0 Å². The van der Waals surface area contributed by atoms with E-state index in [9.17, 15) is 0 Å². The molecule has 23 heavy (non-hydrogen) atoms. The van der Waals surface area contributed by atoms with E-state index in [2.05, 4.69) is 18.2 Å². The van der Waals surface area contributed by atoms with Gasteiger partial charge in [0.05, 0.1) is 11.6 Å². The van der Waals surface area contributed by atoms with Gasteiger partial charge in [-0.25, -0.2) is 0 Å². The first-order valence-corrected chi connectivity index (χ1v) is 7.34. The van der Waals surface area contributed by atoms with Crippen molar-refractivity contribution in [1.29, 1.82) is 5.26 Å². The van der Waals surface area contributed by atoms with Gasteiger partial charge in [0.1, 0.15) is 0 Å². The SMILES string of the molecule is N#Cc1ccc2cccc(/C=C/c3ccc4c(c3)OCO4)c2c1. The van der Waals surface area contributed by atoms with Crippen molar-refractivity contribution in [3.8, 4) is 17.6 Å². The summed E-state index contributed by atoms with van der Waals surface area (Å²) in [7, 11) is 0. The zero-order valence-electron chi connectivity index (χ0n) is 12.3. The number of ether oxygens (including phenoxy) is 2. The molecule has 1 aliphatic heterocycles. The molecule has 0 saturated heterocycles. The Bertz CT molecular complexity index is 967. The molecule has 0 spiro atoms. The molecule has 0 radical (unpaired) electrons. The molecule has 3 aromatic rings. The molecule has 110 valence electrons. The fourth-order valence-corrected chi connectivity index (χ4v) is 2.71. The Labute approximate surface area is 134 Å². The molecule has 0 N–H and O–H groups in total. The lowest BCUT2D eigenvalue weighted by Crippen LogP contribution is -1.92. The van der Waals surface area contributed by atoms with Crippen molar-refractivity contribution in [3.63, 3.8) is 0 Å². The molecule has 3 nitrogen and oxygen atoms in total. The number of nitriles is 1. The number of nitrogens with zero attached hydrogens (tertiary/aromatic N) is 1. The zero-order chi connectivity index (χ0) is 15.6. The van der Waals surface area contributed by atoms with E-state index < -0.39 is 0 Å². The molecule has 0 amide bonds. The number of rotatable bonds is 2. The van der Waals surface area contributed by atoms with E-state index in [-0.39, 0.29) is 6.79 Å². The monoisotopic (exact) mass is 299 g/mol. The number of hydrogen-bond acceptors (Lipinski definition) is 3. The van der Waals surface area contributed by atoms with Gasteiger partial charge in [-0.2, -0.15) is 5.26 Å².